The fourth-order valence-electron chi connectivity index (χ4n) is 2.56. The van der Waals surface area contributed by atoms with Crippen LogP contribution >= 0.6 is 0 Å². The summed E-state index contributed by atoms with van der Waals surface area (Å²) in [5, 5.41) is 2.71. The van der Waals surface area contributed by atoms with Crippen molar-refractivity contribution in [2.45, 2.75) is 38.0 Å². The quantitative estimate of drug-likeness (QED) is 0.735. The van der Waals surface area contributed by atoms with Crippen molar-refractivity contribution in [1.29, 1.82) is 0 Å². The van der Waals surface area contributed by atoms with Gasteiger partial charge in [0.05, 0.1) is 22.8 Å². The van der Waals surface area contributed by atoms with E-state index in [-0.39, 0.29) is 28.2 Å². The number of amides is 1. The van der Waals surface area contributed by atoms with E-state index in [4.69, 9.17) is 4.74 Å². The molecule has 0 radical (unpaired) electrons. The largest absolute Gasteiger partial charge is 0.492 e. The van der Waals surface area contributed by atoms with Crippen LogP contribution in [0.2, 0.25) is 0 Å². The molecule has 0 aliphatic carbocycles. The standard InChI is InChI=1S/C21H27NO4S/c1-5-27(24,25)19-9-7-6-8-18(19)20(23)22-14-15-26-17-12-10-16(11-13-17)21(2,3)4/h6-13H,5,14-15H2,1-4H3,(H,22,23). The van der Waals surface area contributed by atoms with Gasteiger partial charge in [0.2, 0.25) is 0 Å². The van der Waals surface area contributed by atoms with Crippen LogP contribution in [0.3, 0.4) is 0 Å². The van der Waals surface area contributed by atoms with Gasteiger partial charge in [-0.05, 0) is 35.2 Å². The van der Waals surface area contributed by atoms with Gasteiger partial charge in [0.15, 0.2) is 9.84 Å². The van der Waals surface area contributed by atoms with Crippen LogP contribution in [-0.4, -0.2) is 33.2 Å². The van der Waals surface area contributed by atoms with Gasteiger partial charge in [-0.25, -0.2) is 8.42 Å². The second-order valence-electron chi connectivity index (χ2n) is 7.28. The van der Waals surface area contributed by atoms with Gasteiger partial charge in [0.1, 0.15) is 12.4 Å². The first kappa shape index (κ1) is 21.0. The lowest BCUT2D eigenvalue weighted by atomic mass is 9.87. The normalized spacial score (nSPS) is 11.9. The van der Waals surface area contributed by atoms with Crippen LogP contribution in [0.5, 0.6) is 5.75 Å². The Bertz CT molecular complexity index is 881. The molecular weight excluding hydrogens is 362 g/mol. The Balaban J connectivity index is 1.92. The molecule has 6 heteroatoms. The van der Waals surface area contributed by atoms with Crippen LogP contribution in [0, 0.1) is 0 Å². The first-order chi connectivity index (χ1) is 12.6. The number of carbonyl (C=O) groups excluding carboxylic acids is 1. The molecule has 146 valence electrons. The summed E-state index contributed by atoms with van der Waals surface area (Å²) in [6.45, 7) is 8.57. The molecule has 0 aliphatic rings. The van der Waals surface area contributed by atoms with Gasteiger partial charge in [-0.2, -0.15) is 0 Å². The maximum Gasteiger partial charge on any atom is 0.252 e. The molecule has 2 aromatic rings. The molecule has 0 saturated heterocycles. The van der Waals surface area contributed by atoms with E-state index in [1.54, 1.807) is 19.1 Å². The first-order valence-corrected chi connectivity index (χ1v) is 10.6. The molecule has 0 bridgehead atoms. The van der Waals surface area contributed by atoms with E-state index in [1.807, 2.05) is 24.3 Å². The minimum Gasteiger partial charge on any atom is -0.492 e. The van der Waals surface area contributed by atoms with Gasteiger partial charge in [0, 0.05) is 0 Å². The molecule has 0 spiro atoms. The predicted octanol–water partition coefficient (Wildman–Crippen LogP) is 3.59. The summed E-state index contributed by atoms with van der Waals surface area (Å²) in [4.78, 5) is 12.4. The first-order valence-electron chi connectivity index (χ1n) is 8.98. The molecule has 0 atom stereocenters. The SMILES string of the molecule is CCS(=O)(=O)c1ccccc1C(=O)NCCOc1ccc(C(C)(C)C)cc1. The van der Waals surface area contributed by atoms with E-state index in [2.05, 4.69) is 26.1 Å². The lowest BCUT2D eigenvalue weighted by Gasteiger charge is -2.19. The van der Waals surface area contributed by atoms with E-state index < -0.39 is 15.7 Å². The van der Waals surface area contributed by atoms with Crippen molar-refractivity contribution in [3.05, 3.63) is 59.7 Å². The number of benzene rings is 2. The lowest BCUT2D eigenvalue weighted by molar-refractivity contribution is 0.0943. The molecule has 27 heavy (non-hydrogen) atoms. The predicted molar refractivity (Wildman–Crippen MR) is 107 cm³/mol. The summed E-state index contributed by atoms with van der Waals surface area (Å²) in [6.07, 6.45) is 0. The molecule has 0 heterocycles. The number of carbonyl (C=O) groups is 1. The van der Waals surface area contributed by atoms with Crippen LogP contribution in [-0.2, 0) is 15.3 Å². The van der Waals surface area contributed by atoms with Crippen LogP contribution < -0.4 is 10.1 Å². The number of rotatable bonds is 7. The number of nitrogens with one attached hydrogen (secondary N) is 1. The Labute approximate surface area is 161 Å². The lowest BCUT2D eigenvalue weighted by Crippen LogP contribution is -2.29. The van der Waals surface area contributed by atoms with E-state index in [9.17, 15) is 13.2 Å². The third-order valence-corrected chi connectivity index (χ3v) is 6.01. The third-order valence-electron chi connectivity index (χ3n) is 4.22. The summed E-state index contributed by atoms with van der Waals surface area (Å²) in [6, 6.07) is 14.1. The molecule has 0 aliphatic heterocycles. The average Bonchev–Trinajstić information content (AvgIpc) is 2.64. The van der Waals surface area contributed by atoms with Crippen molar-refractivity contribution < 1.29 is 17.9 Å². The highest BCUT2D eigenvalue weighted by molar-refractivity contribution is 7.91. The molecular formula is C21H27NO4S. The van der Waals surface area contributed by atoms with Crippen LogP contribution in [0.1, 0.15) is 43.6 Å². The van der Waals surface area contributed by atoms with Crippen molar-refractivity contribution in [1.82, 2.24) is 5.32 Å². The highest BCUT2D eigenvalue weighted by atomic mass is 32.2. The smallest absolute Gasteiger partial charge is 0.252 e. The molecule has 0 fully saturated rings. The summed E-state index contributed by atoms with van der Waals surface area (Å²) >= 11 is 0. The van der Waals surface area contributed by atoms with Gasteiger partial charge in [-0.1, -0.05) is 52.0 Å². The van der Waals surface area contributed by atoms with Gasteiger partial charge in [-0.15, -0.1) is 0 Å². The van der Waals surface area contributed by atoms with E-state index in [0.29, 0.717) is 6.61 Å². The minimum atomic E-state index is -3.46. The van der Waals surface area contributed by atoms with Crippen molar-refractivity contribution >= 4 is 15.7 Å². The van der Waals surface area contributed by atoms with Crippen LogP contribution in [0.25, 0.3) is 0 Å². The fraction of sp³-hybridized carbons (Fsp3) is 0.381. The highest BCUT2D eigenvalue weighted by Crippen LogP contribution is 2.24. The Morgan fingerprint density at radius 3 is 2.26 bits per heavy atom. The Hall–Kier alpha value is -2.34. The molecule has 2 rings (SSSR count). The van der Waals surface area contributed by atoms with Crippen LogP contribution in [0.4, 0.5) is 0 Å². The molecule has 0 unspecified atom stereocenters. The third kappa shape index (κ3) is 5.57. The molecule has 2 aromatic carbocycles. The van der Waals surface area contributed by atoms with Crippen molar-refractivity contribution in [2.24, 2.45) is 0 Å². The van der Waals surface area contributed by atoms with Gasteiger partial charge < -0.3 is 10.1 Å². The minimum absolute atomic E-state index is 0.0506. The topological polar surface area (TPSA) is 72.5 Å². The van der Waals surface area contributed by atoms with E-state index in [1.165, 1.54) is 17.7 Å². The second-order valence-corrected chi connectivity index (χ2v) is 9.52. The Morgan fingerprint density at radius 2 is 1.67 bits per heavy atom. The van der Waals surface area contributed by atoms with Gasteiger partial charge >= 0.3 is 0 Å². The number of hydrogen-bond donors (Lipinski definition) is 1. The summed E-state index contributed by atoms with van der Waals surface area (Å²) in [7, 11) is -3.46. The number of ether oxygens (including phenoxy) is 1. The second kappa shape index (κ2) is 8.57. The van der Waals surface area contributed by atoms with Crippen molar-refractivity contribution in [2.75, 3.05) is 18.9 Å². The molecule has 1 N–H and O–H groups in total. The van der Waals surface area contributed by atoms with Crippen LogP contribution in [0.15, 0.2) is 53.4 Å². The molecule has 5 nitrogen and oxygen atoms in total. The average molecular weight is 390 g/mol. The zero-order valence-electron chi connectivity index (χ0n) is 16.3. The maximum absolute atomic E-state index is 12.4. The summed E-state index contributed by atoms with van der Waals surface area (Å²) < 4.78 is 29.9. The fourth-order valence-corrected chi connectivity index (χ4v) is 3.65. The highest BCUT2D eigenvalue weighted by Gasteiger charge is 2.20. The molecule has 0 aromatic heterocycles. The Morgan fingerprint density at radius 1 is 1.04 bits per heavy atom. The molecule has 0 saturated carbocycles. The monoisotopic (exact) mass is 389 g/mol. The zero-order chi connectivity index (χ0) is 20.1. The van der Waals surface area contributed by atoms with Gasteiger partial charge in [-0.3, -0.25) is 4.79 Å². The summed E-state index contributed by atoms with van der Waals surface area (Å²) in [5.74, 6) is 0.255. The van der Waals surface area contributed by atoms with Gasteiger partial charge in [0.25, 0.3) is 5.91 Å². The van der Waals surface area contributed by atoms with E-state index >= 15 is 0 Å². The molecule has 1 amide bonds. The Kier molecular flexibility index (Phi) is 6.65. The number of hydrogen-bond acceptors (Lipinski definition) is 4. The summed E-state index contributed by atoms with van der Waals surface area (Å²) in [5.41, 5.74) is 1.46. The zero-order valence-corrected chi connectivity index (χ0v) is 17.1. The van der Waals surface area contributed by atoms with Crippen molar-refractivity contribution in [3.63, 3.8) is 0 Å². The van der Waals surface area contributed by atoms with E-state index in [0.717, 1.165) is 5.75 Å². The maximum atomic E-state index is 12.4. The number of sulfone groups is 1. The van der Waals surface area contributed by atoms with Crippen molar-refractivity contribution in [3.8, 4) is 5.75 Å².